The Morgan fingerprint density at radius 1 is 0.347 bits per heavy atom. The fourth-order valence-corrected chi connectivity index (χ4v) is 10.0. The largest absolute Gasteiger partial charge is 0.481 e. The van der Waals surface area contributed by atoms with Gasteiger partial charge in [-0.3, -0.25) is 110 Å². The van der Waals surface area contributed by atoms with Gasteiger partial charge in [-0.15, -0.1) is 0 Å². The number of nitrogens with two attached hydrogens (primary N) is 6. The predicted molar refractivity (Wildman–Crippen MR) is 400 cm³/mol. The van der Waals surface area contributed by atoms with Crippen LogP contribution in [-0.4, -0.2) is 320 Å². The van der Waals surface area contributed by atoms with Crippen molar-refractivity contribution in [3.05, 3.63) is 0 Å². The molecule has 118 heavy (non-hydrogen) atoms. The number of rotatable bonds is 58. The van der Waals surface area contributed by atoms with Gasteiger partial charge in [0.25, 0.3) is 0 Å². The highest BCUT2D eigenvalue weighted by Gasteiger charge is 2.40. The summed E-state index contributed by atoms with van der Waals surface area (Å²) in [6.45, 7) is 1.20. The van der Waals surface area contributed by atoms with E-state index in [0.717, 1.165) is 13.8 Å². The second-order valence-corrected chi connectivity index (χ2v) is 26.8. The number of aliphatic imine (C=N–C) groups is 1. The summed E-state index contributed by atoms with van der Waals surface area (Å²) in [6.07, 6.45) is -7.00. The van der Waals surface area contributed by atoms with Crippen molar-refractivity contribution < 1.29 is 146 Å². The Labute approximate surface area is 672 Å². The summed E-state index contributed by atoms with van der Waals surface area (Å²) in [5.41, 5.74) is 32.6. The number of hydrogen-bond acceptors (Lipinski definition) is 29. The standard InChI is InChI=1S/C65H109N23O30/c1-7-27(4)49(87-52(106)30(67)15-44(97)98)63(117)82-34(17-41(69)94)57(111)83-37(23-89)54(108)74-20-42(95)73-21-43(96)77-35(18-45(99)100)58(112)84-39(25-91)61(115)88-50(29(6)92)64(118)79-32(12-10-14-72-65(70)71)55(109)81-33(16-40(68)93)56(110)76-28(5)51(105)80-36(19-46(101)102)59(113)85-38(24-90)60(114)86-48(26(2)3)62(116)78-31(11-8-9-13-66)53(107)75-22-47(103)104/h26-39,48-50,89-92H,7-25,66-67H2,1-6H3,(H2,68,93)(H2,69,94)(H,73,95)(H,74,108)(H,75,107)(H,76,110)(H,77,96)(H,78,116)(H,79,118)(H,80,105)(H,81,109)(H,82,117)(H,83,111)(H,84,112)(H,85,113)(H,86,114)(H,87,106)(H,88,115)(H,97,98)(H,99,100)(H,101,102)(H,103,104)(H4,70,71,72)/t27-,28-,29+,30-,31-,32-,33-,34-,35-,36-,37-,38-,39-,48-,49-,50-/m0/s1. The van der Waals surface area contributed by atoms with Crippen LogP contribution in [0.3, 0.4) is 0 Å². The number of aliphatic hydroxyl groups is 4. The molecule has 53 heteroatoms. The number of carboxylic acids is 4. The minimum absolute atomic E-state index is 0.0142. The molecule has 16 atom stereocenters. The Morgan fingerprint density at radius 2 is 0.703 bits per heavy atom. The molecule has 0 aromatic heterocycles. The summed E-state index contributed by atoms with van der Waals surface area (Å²) in [4.78, 5) is 288. The summed E-state index contributed by atoms with van der Waals surface area (Å²) < 4.78 is 0. The van der Waals surface area contributed by atoms with Crippen LogP contribution in [0.1, 0.15) is 112 Å². The van der Waals surface area contributed by atoms with Crippen LogP contribution in [-0.2, 0) is 105 Å². The van der Waals surface area contributed by atoms with Gasteiger partial charge in [0.15, 0.2) is 5.96 Å². The van der Waals surface area contributed by atoms with Crippen LogP contribution in [0, 0.1) is 11.8 Å². The van der Waals surface area contributed by atoms with E-state index in [1.54, 1.807) is 6.92 Å². The average molecular weight is 1690 g/mol. The van der Waals surface area contributed by atoms with Crippen LogP contribution < -0.4 is 119 Å². The minimum Gasteiger partial charge on any atom is -0.481 e. The first-order valence-electron chi connectivity index (χ1n) is 36.3. The van der Waals surface area contributed by atoms with Gasteiger partial charge in [0, 0.05) is 6.54 Å². The molecule has 0 rings (SSSR count). The summed E-state index contributed by atoms with van der Waals surface area (Å²) in [6, 6.07) is -26.0. The average Bonchev–Trinajstić information content (AvgIpc) is 0.859. The third-order valence-corrected chi connectivity index (χ3v) is 16.6. The smallest absolute Gasteiger partial charge is 0.322 e. The van der Waals surface area contributed by atoms with Crippen molar-refractivity contribution in [3.63, 3.8) is 0 Å². The fourth-order valence-electron chi connectivity index (χ4n) is 10.0. The van der Waals surface area contributed by atoms with Crippen molar-refractivity contribution in [1.82, 2.24) is 85.1 Å². The zero-order valence-electron chi connectivity index (χ0n) is 65.2. The fraction of sp³-hybridized carbons (Fsp3) is 0.646. The van der Waals surface area contributed by atoms with Crippen LogP contribution in [0.2, 0.25) is 0 Å². The van der Waals surface area contributed by atoms with Gasteiger partial charge >= 0.3 is 23.9 Å². The quantitative estimate of drug-likeness (QED) is 0.0153. The number of hydrogen-bond donors (Lipinski definition) is 30. The first kappa shape index (κ1) is 105. The van der Waals surface area contributed by atoms with Crippen LogP contribution in [0.5, 0.6) is 0 Å². The molecule has 0 aliphatic rings. The van der Waals surface area contributed by atoms with Crippen molar-refractivity contribution >= 4 is 136 Å². The first-order chi connectivity index (χ1) is 55.1. The highest BCUT2D eigenvalue weighted by atomic mass is 16.4. The number of nitrogens with one attached hydrogen (secondary N) is 16. The number of nitrogens with zero attached hydrogens (tertiary/aromatic N) is 1. The molecular weight excluding hydrogens is 1580 g/mol. The Hall–Kier alpha value is -12.6. The normalized spacial score (nSPS) is 15.0. The zero-order chi connectivity index (χ0) is 90.5. The molecule has 18 amide bonds. The summed E-state index contributed by atoms with van der Waals surface area (Å²) >= 11 is 0. The van der Waals surface area contributed by atoms with Gasteiger partial charge in [0.05, 0.1) is 77.2 Å². The Kier molecular flexibility index (Phi) is 48.4. The molecule has 0 aromatic carbocycles. The van der Waals surface area contributed by atoms with E-state index in [2.05, 4.69) is 47.5 Å². The molecule has 664 valence electrons. The second kappa shape index (κ2) is 54.3. The Balaban J connectivity index is 6.46. The molecule has 0 fully saturated rings. The number of carboxylic acid groups (broad SMARTS) is 4. The van der Waals surface area contributed by atoms with E-state index in [-0.39, 0.29) is 32.4 Å². The minimum atomic E-state index is -2.17. The van der Waals surface area contributed by atoms with Crippen LogP contribution >= 0.6 is 0 Å². The molecule has 0 aliphatic heterocycles. The summed E-state index contributed by atoms with van der Waals surface area (Å²) in [5, 5.41) is 112. The van der Waals surface area contributed by atoms with Crippen LogP contribution in [0.4, 0.5) is 0 Å². The van der Waals surface area contributed by atoms with E-state index >= 15 is 0 Å². The predicted octanol–water partition coefficient (Wildman–Crippen LogP) is -16.5. The van der Waals surface area contributed by atoms with Gasteiger partial charge in [-0.25, -0.2) is 0 Å². The molecule has 0 aromatic rings. The van der Waals surface area contributed by atoms with Gasteiger partial charge in [-0.2, -0.15) is 0 Å². The molecule has 53 nitrogen and oxygen atoms in total. The number of amides is 18. The molecule has 36 N–H and O–H groups in total. The van der Waals surface area contributed by atoms with Crippen molar-refractivity contribution in [2.75, 3.05) is 52.5 Å². The first-order valence-corrected chi connectivity index (χ1v) is 36.3. The Bertz CT molecular complexity index is 3600. The zero-order valence-corrected chi connectivity index (χ0v) is 65.2. The Morgan fingerprint density at radius 3 is 1.14 bits per heavy atom. The molecule has 0 heterocycles. The number of unbranched alkanes of at least 4 members (excludes halogenated alkanes) is 1. The number of carbonyl (C=O) groups excluding carboxylic acids is 18. The number of primary amides is 2. The number of guanidine groups is 1. The van der Waals surface area contributed by atoms with Crippen molar-refractivity contribution in [2.24, 2.45) is 51.2 Å². The molecular formula is C65H109N23O30. The molecule has 0 saturated carbocycles. The summed E-state index contributed by atoms with van der Waals surface area (Å²) in [7, 11) is 0. The summed E-state index contributed by atoms with van der Waals surface area (Å²) in [5.74, 6) is -31.0. The van der Waals surface area contributed by atoms with Crippen molar-refractivity contribution in [3.8, 4) is 0 Å². The number of carbonyl (C=O) groups is 22. The highest BCUT2D eigenvalue weighted by Crippen LogP contribution is 2.13. The monoisotopic (exact) mass is 1690 g/mol. The second-order valence-electron chi connectivity index (χ2n) is 26.8. The van der Waals surface area contributed by atoms with Crippen LogP contribution in [0.15, 0.2) is 4.99 Å². The molecule has 0 saturated heterocycles. The van der Waals surface area contributed by atoms with Gasteiger partial charge in [-0.05, 0) is 64.3 Å². The van der Waals surface area contributed by atoms with Gasteiger partial charge in [0.1, 0.15) is 85.1 Å². The van der Waals surface area contributed by atoms with E-state index in [4.69, 9.17) is 44.6 Å². The third kappa shape index (κ3) is 41.1. The third-order valence-electron chi connectivity index (χ3n) is 16.6. The lowest BCUT2D eigenvalue weighted by atomic mass is 9.97. The van der Waals surface area contributed by atoms with Crippen LogP contribution in [0.25, 0.3) is 0 Å². The van der Waals surface area contributed by atoms with Gasteiger partial charge in [0.2, 0.25) is 106 Å². The van der Waals surface area contributed by atoms with E-state index in [0.29, 0.717) is 12.8 Å². The van der Waals surface area contributed by atoms with E-state index in [9.17, 15) is 136 Å². The van der Waals surface area contributed by atoms with E-state index in [1.165, 1.54) is 20.8 Å². The molecule has 0 unspecified atom stereocenters. The topological polar surface area (TPSA) is 898 Å². The number of aliphatic hydroxyl groups excluding tert-OH is 4. The van der Waals surface area contributed by atoms with E-state index < -0.39 is 317 Å². The van der Waals surface area contributed by atoms with Crippen molar-refractivity contribution in [1.29, 1.82) is 0 Å². The maximum absolute atomic E-state index is 14.1. The molecule has 0 bridgehead atoms. The molecule has 0 aliphatic carbocycles. The maximum Gasteiger partial charge on any atom is 0.322 e. The van der Waals surface area contributed by atoms with Gasteiger partial charge in [-0.1, -0.05) is 34.1 Å². The lowest BCUT2D eigenvalue weighted by Crippen LogP contribution is -2.62. The lowest BCUT2D eigenvalue weighted by Gasteiger charge is -2.28. The van der Waals surface area contributed by atoms with Gasteiger partial charge < -0.3 is 160 Å². The lowest BCUT2D eigenvalue weighted by molar-refractivity contribution is -0.142. The molecule has 0 radical (unpaired) electrons. The maximum atomic E-state index is 14.1. The van der Waals surface area contributed by atoms with Crippen molar-refractivity contribution in [2.45, 2.75) is 203 Å². The molecule has 0 spiro atoms. The van der Waals surface area contributed by atoms with E-state index in [1.807, 2.05) is 42.5 Å². The highest BCUT2D eigenvalue weighted by molar-refractivity contribution is 6.02. The number of aliphatic carboxylic acids is 4. The SMILES string of the molecule is CC[C@H](C)[C@H](NC(=O)[C@@H](N)CC(=O)O)C(=O)N[C@@H](CC(N)=O)C(=O)N[C@@H](CO)C(=O)NCC(=O)NCC(=O)N[C@@H](CC(=O)O)C(=O)N[C@@H](CO)C(=O)N[C@H](C(=O)N[C@@H](CCCN=C(N)N)C(=O)N[C@@H](CC(N)=O)C(=O)N[C@@H](C)C(=O)N[C@@H](CC(=O)O)C(=O)N[C@@H](CO)C(=O)N[C@H](C(=O)N[C@@H](CCCCN)C(=O)NCC(=O)O)C(C)C)[C@@H](C)O.